The minimum atomic E-state index is -0.477. The van der Waals surface area contributed by atoms with Crippen LogP contribution in [0.25, 0.3) is 0 Å². The highest BCUT2D eigenvalue weighted by Gasteiger charge is 2.28. The summed E-state index contributed by atoms with van der Waals surface area (Å²) >= 11 is 6.25. The fraction of sp³-hybridized carbons (Fsp3) is 0.294. The number of ether oxygens (including phenoxy) is 2. The number of rotatable bonds is 4. The normalized spacial score (nSPS) is 14.4. The fourth-order valence-corrected chi connectivity index (χ4v) is 2.58. The van der Waals surface area contributed by atoms with E-state index in [9.17, 15) is 9.59 Å². The standard InChI is InChI=1S/C17H18ClNO4/c1-4-23-16(20)12-9-13(17(21)22-3)11(2)19(10-12)15-8-6-5-7-14(15)18/h5-8,10H,4,9H2,1-3H3. The highest BCUT2D eigenvalue weighted by Crippen LogP contribution is 2.34. The van der Waals surface area contributed by atoms with Gasteiger partial charge in [-0.05, 0) is 26.0 Å². The maximum Gasteiger partial charge on any atom is 0.335 e. The average molecular weight is 336 g/mol. The van der Waals surface area contributed by atoms with Crippen LogP contribution in [0.4, 0.5) is 5.69 Å². The number of benzene rings is 1. The lowest BCUT2D eigenvalue weighted by Gasteiger charge is -2.29. The number of methoxy groups -OCH3 is 1. The fourth-order valence-electron chi connectivity index (χ4n) is 2.35. The highest BCUT2D eigenvalue weighted by molar-refractivity contribution is 6.33. The van der Waals surface area contributed by atoms with Crippen LogP contribution in [0, 0.1) is 0 Å². The number of para-hydroxylation sites is 1. The smallest absolute Gasteiger partial charge is 0.335 e. The Labute approximate surface area is 140 Å². The van der Waals surface area contributed by atoms with Crippen molar-refractivity contribution >= 4 is 29.2 Å². The van der Waals surface area contributed by atoms with Crippen molar-refractivity contribution in [3.63, 3.8) is 0 Å². The number of anilines is 1. The summed E-state index contributed by atoms with van der Waals surface area (Å²) in [6.07, 6.45) is 1.82. The van der Waals surface area contributed by atoms with Gasteiger partial charge < -0.3 is 14.4 Å². The van der Waals surface area contributed by atoms with Crippen molar-refractivity contribution in [3.05, 3.63) is 52.3 Å². The highest BCUT2D eigenvalue weighted by atomic mass is 35.5. The van der Waals surface area contributed by atoms with E-state index in [0.29, 0.717) is 27.6 Å². The van der Waals surface area contributed by atoms with Gasteiger partial charge in [-0.2, -0.15) is 0 Å². The largest absolute Gasteiger partial charge is 0.466 e. The number of halogens is 1. The predicted molar refractivity (Wildman–Crippen MR) is 88.0 cm³/mol. The first-order chi connectivity index (χ1) is 11.0. The second-order valence-electron chi connectivity index (χ2n) is 4.93. The van der Waals surface area contributed by atoms with Crippen molar-refractivity contribution < 1.29 is 19.1 Å². The van der Waals surface area contributed by atoms with Gasteiger partial charge in [-0.25, -0.2) is 9.59 Å². The third-order valence-corrected chi connectivity index (χ3v) is 3.85. The second-order valence-corrected chi connectivity index (χ2v) is 5.34. The Balaban J connectivity index is 2.52. The minimum absolute atomic E-state index is 0.165. The van der Waals surface area contributed by atoms with E-state index in [2.05, 4.69) is 0 Å². The van der Waals surface area contributed by atoms with Crippen LogP contribution < -0.4 is 4.90 Å². The molecule has 0 aromatic heterocycles. The molecule has 1 aromatic rings. The molecule has 1 aliphatic heterocycles. The van der Waals surface area contributed by atoms with Gasteiger partial charge in [0.15, 0.2) is 0 Å². The van der Waals surface area contributed by atoms with E-state index in [0.717, 1.165) is 0 Å². The molecule has 0 amide bonds. The molecule has 0 aliphatic carbocycles. The van der Waals surface area contributed by atoms with E-state index in [1.54, 1.807) is 31.0 Å². The van der Waals surface area contributed by atoms with Gasteiger partial charge in [0, 0.05) is 18.3 Å². The topological polar surface area (TPSA) is 55.8 Å². The van der Waals surface area contributed by atoms with Crippen molar-refractivity contribution in [1.82, 2.24) is 0 Å². The Morgan fingerprint density at radius 2 is 1.96 bits per heavy atom. The van der Waals surface area contributed by atoms with Crippen molar-refractivity contribution in [2.24, 2.45) is 0 Å². The molecule has 2 rings (SSSR count). The van der Waals surface area contributed by atoms with Gasteiger partial charge >= 0.3 is 11.9 Å². The minimum Gasteiger partial charge on any atom is -0.466 e. The second kappa shape index (κ2) is 7.33. The number of carbonyl (C=O) groups excluding carboxylic acids is 2. The molecule has 0 atom stereocenters. The molecule has 23 heavy (non-hydrogen) atoms. The Morgan fingerprint density at radius 1 is 1.26 bits per heavy atom. The van der Waals surface area contributed by atoms with Crippen LogP contribution in [0.2, 0.25) is 5.02 Å². The van der Waals surface area contributed by atoms with Gasteiger partial charge in [-0.3, -0.25) is 0 Å². The van der Waals surface area contributed by atoms with Crippen LogP contribution in [-0.2, 0) is 19.1 Å². The summed E-state index contributed by atoms with van der Waals surface area (Å²) < 4.78 is 9.88. The first-order valence-corrected chi connectivity index (χ1v) is 7.57. The molecule has 0 saturated heterocycles. The lowest BCUT2D eigenvalue weighted by molar-refractivity contribution is -0.138. The molecule has 0 saturated carbocycles. The summed E-state index contributed by atoms with van der Waals surface area (Å²) in [6.45, 7) is 3.78. The number of hydrogen-bond donors (Lipinski definition) is 0. The molecule has 0 N–H and O–H groups in total. The summed E-state index contributed by atoms with van der Waals surface area (Å²) in [5.74, 6) is -0.937. The third-order valence-electron chi connectivity index (χ3n) is 3.53. The molecule has 0 unspecified atom stereocenters. The summed E-state index contributed by atoms with van der Waals surface area (Å²) in [5.41, 5.74) is 2.11. The third kappa shape index (κ3) is 3.56. The maximum absolute atomic E-state index is 12.1. The van der Waals surface area contributed by atoms with Gasteiger partial charge in [0.1, 0.15) is 0 Å². The summed E-state index contributed by atoms with van der Waals surface area (Å²) in [5, 5.41) is 0.512. The molecule has 1 heterocycles. The van der Waals surface area contributed by atoms with Crippen LogP contribution in [0.15, 0.2) is 47.3 Å². The van der Waals surface area contributed by atoms with E-state index in [-0.39, 0.29) is 13.0 Å². The average Bonchev–Trinajstić information content (AvgIpc) is 2.55. The van der Waals surface area contributed by atoms with Crippen LogP contribution >= 0.6 is 11.6 Å². The van der Waals surface area contributed by atoms with E-state index in [4.69, 9.17) is 21.1 Å². The van der Waals surface area contributed by atoms with Gasteiger partial charge in [0.2, 0.25) is 0 Å². The van der Waals surface area contributed by atoms with Crippen LogP contribution in [0.3, 0.4) is 0 Å². The van der Waals surface area contributed by atoms with Gasteiger partial charge in [0.25, 0.3) is 0 Å². The predicted octanol–water partition coefficient (Wildman–Crippen LogP) is 3.44. The van der Waals surface area contributed by atoms with E-state index in [1.807, 2.05) is 18.2 Å². The Bertz CT molecular complexity index is 694. The maximum atomic E-state index is 12.1. The van der Waals surface area contributed by atoms with E-state index < -0.39 is 11.9 Å². The first-order valence-electron chi connectivity index (χ1n) is 7.19. The van der Waals surface area contributed by atoms with Crippen molar-refractivity contribution in [2.45, 2.75) is 20.3 Å². The SMILES string of the molecule is CCOC(=O)C1=CN(c2ccccc2Cl)C(C)=C(C(=O)OC)C1. The molecule has 0 spiro atoms. The van der Waals surface area contributed by atoms with E-state index in [1.165, 1.54) is 7.11 Å². The molecular formula is C17H18ClNO4. The molecule has 0 fully saturated rings. The Hall–Kier alpha value is -2.27. The van der Waals surface area contributed by atoms with E-state index >= 15 is 0 Å². The van der Waals surface area contributed by atoms with Crippen molar-refractivity contribution in [3.8, 4) is 0 Å². The van der Waals surface area contributed by atoms with Gasteiger partial charge in [0.05, 0.1) is 35.6 Å². The Morgan fingerprint density at radius 3 is 2.57 bits per heavy atom. The Kier molecular flexibility index (Phi) is 5.45. The molecule has 0 bridgehead atoms. The van der Waals surface area contributed by atoms with Crippen LogP contribution in [-0.4, -0.2) is 25.7 Å². The lowest BCUT2D eigenvalue weighted by atomic mass is 9.99. The number of nitrogens with zero attached hydrogens (tertiary/aromatic N) is 1. The summed E-state index contributed by atoms with van der Waals surface area (Å²) in [7, 11) is 1.31. The molecule has 0 radical (unpaired) electrons. The monoisotopic (exact) mass is 335 g/mol. The molecule has 1 aromatic carbocycles. The number of esters is 2. The summed E-state index contributed by atoms with van der Waals surface area (Å²) in [4.78, 5) is 25.9. The number of hydrogen-bond acceptors (Lipinski definition) is 5. The summed E-state index contributed by atoms with van der Waals surface area (Å²) in [6, 6.07) is 7.20. The number of carbonyl (C=O) groups is 2. The zero-order valence-corrected chi connectivity index (χ0v) is 14.0. The molecule has 6 heteroatoms. The van der Waals surface area contributed by atoms with Crippen LogP contribution in [0.5, 0.6) is 0 Å². The molecule has 122 valence electrons. The van der Waals surface area contributed by atoms with Crippen LogP contribution in [0.1, 0.15) is 20.3 Å². The quantitative estimate of drug-likeness (QED) is 0.789. The van der Waals surface area contributed by atoms with Crippen molar-refractivity contribution in [1.29, 1.82) is 0 Å². The van der Waals surface area contributed by atoms with Crippen molar-refractivity contribution in [2.75, 3.05) is 18.6 Å². The molecule has 5 nitrogen and oxygen atoms in total. The van der Waals surface area contributed by atoms with Gasteiger partial charge in [-0.15, -0.1) is 0 Å². The molecule has 1 aliphatic rings. The molecular weight excluding hydrogens is 318 g/mol. The van der Waals surface area contributed by atoms with Gasteiger partial charge in [-0.1, -0.05) is 23.7 Å². The lowest BCUT2D eigenvalue weighted by Crippen LogP contribution is -2.27. The first kappa shape index (κ1) is 17.1. The number of allylic oxidation sites excluding steroid dienone is 1. The zero-order valence-electron chi connectivity index (χ0n) is 13.3. The zero-order chi connectivity index (χ0) is 17.0.